The summed E-state index contributed by atoms with van der Waals surface area (Å²) < 4.78 is 5.46. The van der Waals surface area contributed by atoms with Crippen LogP contribution in [-0.2, 0) is 4.79 Å². The zero-order chi connectivity index (χ0) is 17.9. The lowest BCUT2D eigenvalue weighted by Gasteiger charge is -2.10. The van der Waals surface area contributed by atoms with Gasteiger partial charge in [-0.3, -0.25) is 4.79 Å². The fourth-order valence-electron chi connectivity index (χ4n) is 2.18. The van der Waals surface area contributed by atoms with Crippen LogP contribution in [0.25, 0.3) is 6.08 Å². The molecule has 130 valence electrons. The van der Waals surface area contributed by atoms with Crippen LogP contribution in [0.2, 0.25) is 0 Å². The molecule has 25 heavy (non-hydrogen) atoms. The van der Waals surface area contributed by atoms with Gasteiger partial charge in [0.1, 0.15) is 5.75 Å². The van der Waals surface area contributed by atoms with Crippen molar-refractivity contribution >= 4 is 18.2 Å². The molecule has 4 heteroatoms. The Kier molecular flexibility index (Phi) is 7.44. The lowest BCUT2D eigenvalue weighted by atomic mass is 9.99. The number of carbonyl (C=O) groups excluding carboxylic acids is 1. The van der Waals surface area contributed by atoms with E-state index in [1.807, 2.05) is 60.7 Å². The summed E-state index contributed by atoms with van der Waals surface area (Å²) in [5, 5.41) is 3.86. The SMILES string of the molecule is CC[C@H](C)c1ccc(OCC(=O)N/N=C\C=C\c2ccccc2)cc1. The van der Waals surface area contributed by atoms with E-state index >= 15 is 0 Å². The molecule has 0 aromatic heterocycles. The van der Waals surface area contributed by atoms with Crippen LogP contribution >= 0.6 is 0 Å². The van der Waals surface area contributed by atoms with Crippen LogP contribution in [0.4, 0.5) is 0 Å². The van der Waals surface area contributed by atoms with Gasteiger partial charge in [0.2, 0.25) is 0 Å². The van der Waals surface area contributed by atoms with Gasteiger partial charge >= 0.3 is 0 Å². The van der Waals surface area contributed by atoms with Crippen molar-refractivity contribution in [1.82, 2.24) is 5.43 Å². The van der Waals surface area contributed by atoms with Crippen LogP contribution < -0.4 is 10.2 Å². The first kappa shape index (κ1) is 18.5. The molecule has 0 radical (unpaired) electrons. The number of hydrogen-bond acceptors (Lipinski definition) is 3. The highest BCUT2D eigenvalue weighted by atomic mass is 16.5. The molecule has 2 rings (SSSR count). The Balaban J connectivity index is 1.71. The van der Waals surface area contributed by atoms with Crippen molar-refractivity contribution in [2.45, 2.75) is 26.2 Å². The van der Waals surface area contributed by atoms with Crippen molar-refractivity contribution < 1.29 is 9.53 Å². The minimum absolute atomic E-state index is 0.0670. The average molecular weight is 336 g/mol. The zero-order valence-corrected chi connectivity index (χ0v) is 14.7. The number of rotatable bonds is 8. The molecule has 0 unspecified atom stereocenters. The quantitative estimate of drug-likeness (QED) is 0.574. The first-order valence-electron chi connectivity index (χ1n) is 8.45. The van der Waals surface area contributed by atoms with E-state index in [9.17, 15) is 4.79 Å². The first-order chi connectivity index (χ1) is 12.2. The van der Waals surface area contributed by atoms with Gasteiger partial charge in [0.25, 0.3) is 5.91 Å². The maximum atomic E-state index is 11.7. The predicted octanol–water partition coefficient (Wildman–Crippen LogP) is 4.39. The molecule has 0 heterocycles. The van der Waals surface area contributed by atoms with Gasteiger partial charge in [-0.05, 0) is 41.7 Å². The van der Waals surface area contributed by atoms with Gasteiger partial charge < -0.3 is 4.74 Å². The Morgan fingerprint density at radius 3 is 2.56 bits per heavy atom. The molecular formula is C21H24N2O2. The van der Waals surface area contributed by atoms with Gasteiger partial charge in [-0.1, -0.05) is 62.4 Å². The van der Waals surface area contributed by atoms with E-state index in [4.69, 9.17) is 4.74 Å². The Bertz CT molecular complexity index is 706. The van der Waals surface area contributed by atoms with Crippen LogP contribution in [0.3, 0.4) is 0 Å². The summed E-state index contributed by atoms with van der Waals surface area (Å²) in [6.45, 7) is 4.28. The Hall–Kier alpha value is -2.88. The van der Waals surface area contributed by atoms with E-state index in [0.717, 1.165) is 12.0 Å². The van der Waals surface area contributed by atoms with E-state index in [0.29, 0.717) is 11.7 Å². The summed E-state index contributed by atoms with van der Waals surface area (Å²) in [5.74, 6) is 0.904. The third-order valence-corrected chi connectivity index (χ3v) is 3.87. The smallest absolute Gasteiger partial charge is 0.277 e. The van der Waals surface area contributed by atoms with E-state index in [-0.39, 0.29) is 12.5 Å². The van der Waals surface area contributed by atoms with Crippen LogP contribution in [0.5, 0.6) is 5.75 Å². The maximum Gasteiger partial charge on any atom is 0.277 e. The van der Waals surface area contributed by atoms with E-state index in [1.165, 1.54) is 11.8 Å². The zero-order valence-electron chi connectivity index (χ0n) is 14.7. The fourth-order valence-corrected chi connectivity index (χ4v) is 2.18. The summed E-state index contributed by atoms with van der Waals surface area (Å²) >= 11 is 0. The molecule has 0 spiro atoms. The molecule has 0 bridgehead atoms. The van der Waals surface area contributed by atoms with Crippen molar-refractivity contribution in [1.29, 1.82) is 0 Å². The number of ether oxygens (including phenoxy) is 1. The molecule has 2 aromatic rings. The van der Waals surface area contributed by atoms with Gasteiger partial charge in [0, 0.05) is 6.21 Å². The Labute approximate surface area is 149 Å². The summed E-state index contributed by atoms with van der Waals surface area (Å²) in [7, 11) is 0. The third-order valence-electron chi connectivity index (χ3n) is 3.87. The molecule has 0 fully saturated rings. The van der Waals surface area contributed by atoms with Crippen LogP contribution in [-0.4, -0.2) is 18.7 Å². The number of hydrazone groups is 1. The molecule has 1 atom stereocenters. The van der Waals surface area contributed by atoms with Crippen molar-refractivity contribution in [3.8, 4) is 5.75 Å². The number of nitrogens with one attached hydrogen (secondary N) is 1. The van der Waals surface area contributed by atoms with Crippen molar-refractivity contribution in [2.75, 3.05) is 6.61 Å². The molecular weight excluding hydrogens is 312 g/mol. The number of benzene rings is 2. The highest BCUT2D eigenvalue weighted by molar-refractivity contribution is 5.81. The molecule has 4 nitrogen and oxygen atoms in total. The molecule has 0 aliphatic carbocycles. The van der Waals surface area contributed by atoms with Crippen LogP contribution in [0.15, 0.2) is 65.8 Å². The number of allylic oxidation sites excluding steroid dienone is 1. The minimum atomic E-state index is -0.296. The van der Waals surface area contributed by atoms with Gasteiger partial charge in [-0.15, -0.1) is 0 Å². The van der Waals surface area contributed by atoms with Crippen molar-refractivity contribution in [3.63, 3.8) is 0 Å². The van der Waals surface area contributed by atoms with Crippen LogP contribution in [0, 0.1) is 0 Å². The summed E-state index contributed by atoms with van der Waals surface area (Å²) in [4.78, 5) is 11.7. The van der Waals surface area contributed by atoms with Gasteiger partial charge in [-0.2, -0.15) is 5.10 Å². The molecule has 2 aromatic carbocycles. The van der Waals surface area contributed by atoms with E-state index < -0.39 is 0 Å². The van der Waals surface area contributed by atoms with Crippen LogP contribution in [0.1, 0.15) is 37.3 Å². The highest BCUT2D eigenvalue weighted by Crippen LogP contribution is 2.21. The fraction of sp³-hybridized carbons (Fsp3) is 0.238. The van der Waals surface area contributed by atoms with Gasteiger partial charge in [-0.25, -0.2) is 5.43 Å². The van der Waals surface area contributed by atoms with Gasteiger partial charge in [0.15, 0.2) is 6.61 Å². The maximum absolute atomic E-state index is 11.7. The molecule has 0 aliphatic rings. The summed E-state index contributed by atoms with van der Waals surface area (Å²) in [6, 6.07) is 17.7. The topological polar surface area (TPSA) is 50.7 Å². The number of carbonyl (C=O) groups is 1. The second-order valence-corrected chi connectivity index (χ2v) is 5.75. The highest BCUT2D eigenvalue weighted by Gasteiger charge is 2.04. The third kappa shape index (κ3) is 6.63. The summed E-state index contributed by atoms with van der Waals surface area (Å²) in [6.07, 6.45) is 6.31. The standard InChI is InChI=1S/C21H24N2O2/c1-3-17(2)19-11-13-20(14-12-19)25-16-21(24)23-22-15-7-10-18-8-5-4-6-9-18/h4-15,17H,3,16H2,1-2H3,(H,23,24)/b10-7+,22-15-/t17-/m0/s1. The van der Waals surface area contributed by atoms with E-state index in [2.05, 4.69) is 24.4 Å². The molecule has 0 aliphatic heterocycles. The van der Waals surface area contributed by atoms with E-state index in [1.54, 1.807) is 6.08 Å². The average Bonchev–Trinajstić information content (AvgIpc) is 2.66. The molecule has 1 amide bonds. The first-order valence-corrected chi connectivity index (χ1v) is 8.45. The van der Waals surface area contributed by atoms with Crippen molar-refractivity contribution in [3.05, 3.63) is 71.8 Å². The lowest BCUT2D eigenvalue weighted by Crippen LogP contribution is -2.24. The largest absolute Gasteiger partial charge is 0.484 e. The lowest BCUT2D eigenvalue weighted by molar-refractivity contribution is -0.123. The summed E-state index contributed by atoms with van der Waals surface area (Å²) in [5.41, 5.74) is 4.78. The molecule has 0 saturated carbocycles. The Morgan fingerprint density at radius 2 is 1.88 bits per heavy atom. The van der Waals surface area contributed by atoms with Crippen molar-refractivity contribution in [2.24, 2.45) is 5.10 Å². The molecule has 1 N–H and O–H groups in total. The number of amides is 1. The monoisotopic (exact) mass is 336 g/mol. The number of nitrogens with zero attached hydrogens (tertiary/aromatic N) is 1. The predicted molar refractivity (Wildman–Crippen MR) is 103 cm³/mol. The minimum Gasteiger partial charge on any atom is -0.484 e. The second-order valence-electron chi connectivity index (χ2n) is 5.75. The normalized spacial score (nSPS) is 12.4. The second kappa shape index (κ2) is 10.1. The Morgan fingerprint density at radius 1 is 1.16 bits per heavy atom. The van der Waals surface area contributed by atoms with Gasteiger partial charge in [0.05, 0.1) is 0 Å². The number of hydrogen-bond donors (Lipinski definition) is 1. The molecule has 0 saturated heterocycles.